The molecule has 1 aromatic carbocycles. The van der Waals surface area contributed by atoms with Crippen molar-refractivity contribution < 1.29 is 9.53 Å². The number of fused-ring (bicyclic) bond motifs is 1. The van der Waals surface area contributed by atoms with Crippen LogP contribution in [-0.2, 0) is 0 Å². The van der Waals surface area contributed by atoms with Crippen LogP contribution in [0, 0.1) is 6.92 Å². The molecular formula is C20H16Cl2N4O2S. The number of hydrogen-bond acceptors (Lipinski definition) is 5. The molecule has 0 bridgehead atoms. The number of pyridine rings is 1. The molecule has 0 aliphatic rings. The maximum absolute atomic E-state index is 12.9. The summed E-state index contributed by atoms with van der Waals surface area (Å²) in [5.41, 5.74) is 3.06. The lowest BCUT2D eigenvalue weighted by Crippen LogP contribution is -2.15. The number of aromatic nitrogens is 3. The normalized spacial score (nSPS) is 11.0. The number of rotatable bonds is 5. The van der Waals surface area contributed by atoms with Crippen LogP contribution in [0.5, 0.6) is 5.75 Å². The second kappa shape index (κ2) is 8.02. The molecule has 0 atom stereocenters. The lowest BCUT2D eigenvalue weighted by molar-refractivity contribution is 0.102. The van der Waals surface area contributed by atoms with Gasteiger partial charge in [-0.1, -0.05) is 23.2 Å². The molecule has 1 amide bonds. The zero-order valence-electron chi connectivity index (χ0n) is 15.6. The van der Waals surface area contributed by atoms with E-state index in [1.807, 2.05) is 24.4 Å². The Hall–Kier alpha value is -2.61. The van der Waals surface area contributed by atoms with E-state index in [1.54, 1.807) is 35.7 Å². The highest BCUT2D eigenvalue weighted by molar-refractivity contribution is 7.14. The van der Waals surface area contributed by atoms with Crippen LogP contribution < -0.4 is 10.1 Å². The van der Waals surface area contributed by atoms with E-state index in [4.69, 9.17) is 27.9 Å². The maximum atomic E-state index is 12.9. The molecule has 29 heavy (non-hydrogen) atoms. The molecule has 9 heteroatoms. The molecule has 3 aromatic heterocycles. The third-order valence-electron chi connectivity index (χ3n) is 4.24. The molecule has 0 unspecified atom stereocenters. The number of anilines is 1. The van der Waals surface area contributed by atoms with Gasteiger partial charge in [-0.2, -0.15) is 0 Å². The number of aryl methyl sites for hydroxylation is 1. The number of thiazole rings is 1. The summed E-state index contributed by atoms with van der Waals surface area (Å²) in [5, 5.41) is 6.20. The number of benzene rings is 1. The molecule has 148 valence electrons. The van der Waals surface area contributed by atoms with Gasteiger partial charge in [0.25, 0.3) is 5.91 Å². The first-order valence-corrected chi connectivity index (χ1v) is 10.4. The maximum Gasteiger partial charge on any atom is 0.276 e. The van der Waals surface area contributed by atoms with Gasteiger partial charge in [0.1, 0.15) is 5.69 Å². The van der Waals surface area contributed by atoms with Crippen LogP contribution in [0.4, 0.5) is 5.13 Å². The van der Waals surface area contributed by atoms with E-state index in [-0.39, 0.29) is 5.91 Å². The molecule has 0 aliphatic heterocycles. The number of hydrogen-bond donors (Lipinski definition) is 1. The second-order valence-corrected chi connectivity index (χ2v) is 7.86. The average molecular weight is 447 g/mol. The van der Waals surface area contributed by atoms with Gasteiger partial charge in [-0.25, -0.2) is 9.97 Å². The van der Waals surface area contributed by atoms with Crippen LogP contribution in [0.15, 0.2) is 41.9 Å². The van der Waals surface area contributed by atoms with Gasteiger partial charge < -0.3 is 4.74 Å². The van der Waals surface area contributed by atoms with Gasteiger partial charge in [-0.3, -0.25) is 14.5 Å². The molecule has 4 rings (SSSR count). The molecule has 1 N–H and O–H groups in total. The predicted octanol–water partition coefficient (Wildman–Crippen LogP) is 5.72. The quantitative estimate of drug-likeness (QED) is 0.425. The van der Waals surface area contributed by atoms with E-state index in [9.17, 15) is 4.79 Å². The Kier molecular flexibility index (Phi) is 5.45. The third-order valence-corrected chi connectivity index (χ3v) is 5.54. The van der Waals surface area contributed by atoms with E-state index >= 15 is 0 Å². The fourth-order valence-corrected chi connectivity index (χ4v) is 4.22. The van der Waals surface area contributed by atoms with Crippen molar-refractivity contribution in [1.29, 1.82) is 0 Å². The van der Waals surface area contributed by atoms with Gasteiger partial charge in [0.15, 0.2) is 16.5 Å². The van der Waals surface area contributed by atoms with E-state index in [1.165, 1.54) is 11.3 Å². The van der Waals surface area contributed by atoms with Gasteiger partial charge in [0.2, 0.25) is 0 Å². The molecule has 0 aliphatic carbocycles. The van der Waals surface area contributed by atoms with Crippen molar-refractivity contribution in [3.63, 3.8) is 0 Å². The van der Waals surface area contributed by atoms with Crippen LogP contribution in [0.25, 0.3) is 16.9 Å². The Labute approximate surface area is 181 Å². The van der Waals surface area contributed by atoms with Crippen molar-refractivity contribution in [2.24, 2.45) is 0 Å². The van der Waals surface area contributed by atoms with Crippen molar-refractivity contribution >= 4 is 51.2 Å². The molecule has 0 saturated heterocycles. The summed E-state index contributed by atoms with van der Waals surface area (Å²) in [7, 11) is 0. The average Bonchev–Trinajstić information content (AvgIpc) is 3.26. The number of ether oxygens (including phenoxy) is 1. The number of halogens is 2. The predicted molar refractivity (Wildman–Crippen MR) is 117 cm³/mol. The highest BCUT2D eigenvalue weighted by Crippen LogP contribution is 2.32. The van der Waals surface area contributed by atoms with Crippen LogP contribution in [0.1, 0.15) is 23.1 Å². The van der Waals surface area contributed by atoms with Gasteiger partial charge in [0.05, 0.1) is 23.0 Å². The summed E-state index contributed by atoms with van der Waals surface area (Å²) in [6.45, 7) is 4.21. The zero-order valence-corrected chi connectivity index (χ0v) is 17.9. The first kappa shape index (κ1) is 19.7. The minimum atomic E-state index is -0.299. The Morgan fingerprint density at radius 2 is 2.10 bits per heavy atom. The third kappa shape index (κ3) is 3.81. The topological polar surface area (TPSA) is 68.5 Å². The molecule has 0 spiro atoms. The minimum Gasteiger partial charge on any atom is -0.490 e. The van der Waals surface area contributed by atoms with Crippen molar-refractivity contribution in [3.8, 4) is 17.0 Å². The molecule has 0 fully saturated rings. The minimum absolute atomic E-state index is 0.299. The van der Waals surface area contributed by atoms with Crippen molar-refractivity contribution in [2.45, 2.75) is 13.8 Å². The number of carbonyl (C=O) groups is 1. The van der Waals surface area contributed by atoms with Crippen molar-refractivity contribution in [2.75, 3.05) is 11.9 Å². The van der Waals surface area contributed by atoms with Crippen LogP contribution >= 0.6 is 34.5 Å². The molecule has 3 heterocycles. The Morgan fingerprint density at radius 3 is 2.86 bits per heavy atom. The van der Waals surface area contributed by atoms with Gasteiger partial charge in [-0.15, -0.1) is 11.3 Å². The smallest absolute Gasteiger partial charge is 0.276 e. The molecule has 4 aromatic rings. The summed E-state index contributed by atoms with van der Waals surface area (Å²) in [4.78, 5) is 21.9. The largest absolute Gasteiger partial charge is 0.490 e. The number of nitrogens with one attached hydrogen (secondary N) is 1. The molecule has 0 saturated carbocycles. The van der Waals surface area contributed by atoms with Gasteiger partial charge in [-0.05, 0) is 44.2 Å². The van der Waals surface area contributed by atoms with Crippen LogP contribution in [0.2, 0.25) is 10.0 Å². The van der Waals surface area contributed by atoms with E-state index in [2.05, 4.69) is 15.3 Å². The lowest BCUT2D eigenvalue weighted by Gasteiger charge is -2.06. The number of nitrogens with zero attached hydrogens (tertiary/aromatic N) is 3. The molecular weight excluding hydrogens is 431 g/mol. The summed E-state index contributed by atoms with van der Waals surface area (Å²) < 4.78 is 7.33. The Balaban J connectivity index is 1.63. The highest BCUT2D eigenvalue weighted by atomic mass is 35.5. The van der Waals surface area contributed by atoms with Crippen molar-refractivity contribution in [1.82, 2.24) is 14.4 Å². The first-order valence-electron chi connectivity index (χ1n) is 8.80. The number of amides is 1. The fourth-order valence-electron chi connectivity index (χ4n) is 3.01. The van der Waals surface area contributed by atoms with Crippen molar-refractivity contribution in [3.05, 3.63) is 63.3 Å². The summed E-state index contributed by atoms with van der Waals surface area (Å²) >= 11 is 13.5. The fraction of sp³-hybridized carbons (Fsp3) is 0.150. The van der Waals surface area contributed by atoms with Crippen LogP contribution in [-0.4, -0.2) is 26.9 Å². The van der Waals surface area contributed by atoms with E-state index in [0.717, 1.165) is 5.56 Å². The van der Waals surface area contributed by atoms with Crippen LogP contribution in [0.3, 0.4) is 0 Å². The Bertz CT molecular complexity index is 1220. The summed E-state index contributed by atoms with van der Waals surface area (Å²) in [6, 6.07) is 8.86. The highest BCUT2D eigenvalue weighted by Gasteiger charge is 2.20. The number of carbonyl (C=O) groups excluding carboxylic acids is 1. The summed E-state index contributed by atoms with van der Waals surface area (Å²) in [6.07, 6.45) is 1.79. The SMILES string of the molecule is CCOc1cccn2c(C(=O)Nc3nc(-c4ccc(Cl)cc4Cl)cs3)c(C)nc12. The first-order chi connectivity index (χ1) is 14.0. The summed E-state index contributed by atoms with van der Waals surface area (Å²) in [5.74, 6) is 0.331. The zero-order chi connectivity index (χ0) is 20.5. The standard InChI is InChI=1S/C20H16Cl2N4O2S/c1-3-28-16-5-4-8-26-17(11(2)23-18(16)26)19(27)25-20-24-15(10-29-20)13-7-6-12(21)9-14(13)22/h4-10H,3H2,1-2H3,(H,24,25,27). The molecule has 0 radical (unpaired) electrons. The van der Waals surface area contributed by atoms with Gasteiger partial charge >= 0.3 is 0 Å². The second-order valence-electron chi connectivity index (χ2n) is 6.16. The number of imidazole rings is 1. The van der Waals surface area contributed by atoms with E-state index < -0.39 is 0 Å². The van der Waals surface area contributed by atoms with E-state index in [0.29, 0.717) is 50.3 Å². The lowest BCUT2D eigenvalue weighted by atomic mass is 10.2. The molecule has 6 nitrogen and oxygen atoms in total. The Morgan fingerprint density at radius 1 is 1.28 bits per heavy atom. The van der Waals surface area contributed by atoms with Gasteiger partial charge in [0, 0.05) is 22.2 Å². The monoisotopic (exact) mass is 446 g/mol.